The zero-order valence-electron chi connectivity index (χ0n) is 44.2. The third-order valence-corrected chi connectivity index (χ3v) is 12.1. The number of aromatic hydroxyl groups is 1. The molecule has 63 heavy (non-hydrogen) atoms. The molecule has 0 amide bonds. The number of aromatic nitrogens is 3. The second-order valence-corrected chi connectivity index (χ2v) is 21.2. The molecule has 2 heterocycles. The topological polar surface area (TPSA) is 50.9 Å². The van der Waals surface area contributed by atoms with Gasteiger partial charge in [0.05, 0.1) is 34.8 Å². The third-order valence-electron chi connectivity index (χ3n) is 12.1. The predicted octanol–water partition coefficient (Wildman–Crippen LogP) is 16.0. The Bertz CT molecular complexity index is 3250. The van der Waals surface area contributed by atoms with Gasteiger partial charge in [0.15, 0.2) is 0 Å². The van der Waals surface area contributed by atoms with Gasteiger partial charge in [-0.1, -0.05) is 173 Å². The number of pyridine rings is 1. The molecule has 4 heteroatoms. The molecule has 0 aliphatic heterocycles. The first kappa shape index (κ1) is 37.3. The van der Waals surface area contributed by atoms with E-state index in [-0.39, 0.29) is 57.1 Å². The lowest BCUT2D eigenvalue weighted by atomic mass is 9.79. The first-order valence-corrected chi connectivity index (χ1v) is 22.0. The Morgan fingerprint density at radius 2 is 1.17 bits per heavy atom. The number of fused-ring (bicyclic) bond motifs is 1. The summed E-state index contributed by atoms with van der Waals surface area (Å²) in [5.41, 5.74) is 13.6. The van der Waals surface area contributed by atoms with E-state index < -0.39 is 6.04 Å². The van der Waals surface area contributed by atoms with Crippen LogP contribution in [0.1, 0.15) is 118 Å². The highest BCUT2D eigenvalue weighted by atomic mass is 16.3. The van der Waals surface area contributed by atoms with Crippen molar-refractivity contribution in [1.29, 1.82) is 0 Å². The lowest BCUT2D eigenvalue weighted by Gasteiger charge is -2.27. The van der Waals surface area contributed by atoms with Crippen molar-refractivity contribution in [2.24, 2.45) is 0 Å². The fourth-order valence-electron chi connectivity index (χ4n) is 8.29. The van der Waals surface area contributed by atoms with E-state index in [1.165, 1.54) is 5.56 Å². The molecule has 0 spiro atoms. The standard InChI is InChI=1S/C59H63N3O/c1-37-22-27-51(47(30-37)39-23-25-43(26-24-39)56(2,3)4)62-52-21-17-20-46(53(52)61-55(62)48-35-45(58(8,9)10)36-49(54(48)63)59(11,12)13)41-31-42(33-44(32-41)57(5,6)7)50-34-40(28-29-60-50)38-18-15-14-16-19-38/h14-36,63H,1-13H3/i14D,15D,16D,18D,19D. The van der Waals surface area contributed by atoms with Gasteiger partial charge in [-0.05, 0) is 116 Å². The lowest BCUT2D eigenvalue weighted by molar-refractivity contribution is 0.446. The van der Waals surface area contributed by atoms with E-state index in [1.807, 2.05) is 0 Å². The van der Waals surface area contributed by atoms with E-state index in [0.717, 1.165) is 66.8 Å². The number of hydrogen-bond donors (Lipinski definition) is 1. The quantitative estimate of drug-likeness (QED) is 0.182. The van der Waals surface area contributed by atoms with E-state index in [0.29, 0.717) is 22.6 Å². The minimum Gasteiger partial charge on any atom is -0.507 e. The van der Waals surface area contributed by atoms with Crippen LogP contribution in [0.2, 0.25) is 0 Å². The molecule has 0 aliphatic rings. The van der Waals surface area contributed by atoms with Gasteiger partial charge >= 0.3 is 0 Å². The molecule has 0 saturated heterocycles. The summed E-state index contributed by atoms with van der Waals surface area (Å²) in [4.78, 5) is 10.4. The van der Waals surface area contributed by atoms with E-state index in [4.69, 9.17) is 16.8 Å². The van der Waals surface area contributed by atoms with E-state index in [1.54, 1.807) is 18.3 Å². The lowest BCUT2D eigenvalue weighted by Crippen LogP contribution is -2.17. The number of hydrogen-bond acceptors (Lipinski definition) is 3. The summed E-state index contributed by atoms with van der Waals surface area (Å²) >= 11 is 0. The summed E-state index contributed by atoms with van der Waals surface area (Å²) in [6.45, 7) is 28.3. The average Bonchev–Trinajstić information content (AvgIpc) is 3.66. The smallest absolute Gasteiger partial charge is 0.149 e. The Balaban J connectivity index is 1.44. The summed E-state index contributed by atoms with van der Waals surface area (Å²) < 4.78 is 44.5. The Hall–Kier alpha value is -6.26. The average molecular weight is 835 g/mol. The maximum atomic E-state index is 12.5. The monoisotopic (exact) mass is 835 g/mol. The Kier molecular flexibility index (Phi) is 9.37. The highest BCUT2D eigenvalue weighted by Crippen LogP contribution is 2.46. The van der Waals surface area contributed by atoms with Crippen LogP contribution in [0.25, 0.3) is 72.7 Å². The molecule has 4 nitrogen and oxygen atoms in total. The molecule has 2 aromatic heterocycles. The molecule has 0 saturated carbocycles. The number of aryl methyl sites for hydroxylation is 1. The molecular formula is C59H63N3O. The van der Waals surface area contributed by atoms with Crippen LogP contribution in [0.5, 0.6) is 5.75 Å². The van der Waals surface area contributed by atoms with Crippen molar-refractivity contribution in [3.05, 3.63) is 167 Å². The zero-order chi connectivity index (χ0) is 49.6. The number of phenols is 1. The van der Waals surface area contributed by atoms with Gasteiger partial charge in [-0.3, -0.25) is 9.55 Å². The second-order valence-electron chi connectivity index (χ2n) is 21.2. The van der Waals surface area contributed by atoms with Crippen LogP contribution in [0.3, 0.4) is 0 Å². The van der Waals surface area contributed by atoms with Crippen LogP contribution in [0.15, 0.2) is 140 Å². The normalized spacial score (nSPS) is 13.7. The summed E-state index contributed by atoms with van der Waals surface area (Å²) in [7, 11) is 0. The largest absolute Gasteiger partial charge is 0.507 e. The molecule has 8 aromatic rings. The molecule has 0 bridgehead atoms. The van der Waals surface area contributed by atoms with Gasteiger partial charge in [0.2, 0.25) is 0 Å². The Morgan fingerprint density at radius 1 is 0.524 bits per heavy atom. The van der Waals surface area contributed by atoms with Crippen molar-refractivity contribution in [3.63, 3.8) is 0 Å². The first-order valence-electron chi connectivity index (χ1n) is 24.5. The minimum atomic E-state index is -0.430. The SMILES string of the molecule is [2H]c1c([2H])c([2H])c(-c2ccnc(-c3cc(-c4cccc5c4nc(-c4cc(C(C)(C)C)cc(C(C)(C)C)c4O)n5-c4ccc(C)cc4-c4ccc(C(C)(C)C)cc4)cc(C(C)(C)C)c3)c2)c([2H])c1[2H]. The molecular weight excluding hydrogens is 767 g/mol. The first-order chi connectivity index (χ1) is 31.6. The van der Waals surface area contributed by atoms with Crippen LogP contribution in [0, 0.1) is 6.92 Å². The van der Waals surface area contributed by atoms with Crippen molar-refractivity contribution >= 4 is 11.0 Å². The van der Waals surface area contributed by atoms with Gasteiger partial charge in [-0.15, -0.1) is 0 Å². The van der Waals surface area contributed by atoms with E-state index in [2.05, 4.69) is 186 Å². The highest BCUT2D eigenvalue weighted by molar-refractivity contribution is 5.98. The van der Waals surface area contributed by atoms with Crippen LogP contribution in [-0.4, -0.2) is 19.6 Å². The molecule has 0 unspecified atom stereocenters. The maximum absolute atomic E-state index is 12.5. The second kappa shape index (κ2) is 15.8. The molecule has 1 N–H and O–H groups in total. The summed E-state index contributed by atoms with van der Waals surface area (Å²) in [6.07, 6.45) is 1.63. The van der Waals surface area contributed by atoms with Crippen molar-refractivity contribution in [2.45, 2.75) is 112 Å². The fraction of sp³-hybridized carbons (Fsp3) is 0.288. The number of phenolic OH excluding ortho intramolecular Hbond substituents is 1. The van der Waals surface area contributed by atoms with Gasteiger partial charge in [0, 0.05) is 28.5 Å². The van der Waals surface area contributed by atoms with Gasteiger partial charge in [-0.25, -0.2) is 4.98 Å². The van der Waals surface area contributed by atoms with Crippen LogP contribution >= 0.6 is 0 Å². The van der Waals surface area contributed by atoms with Crippen molar-refractivity contribution in [1.82, 2.24) is 14.5 Å². The van der Waals surface area contributed by atoms with Gasteiger partial charge < -0.3 is 5.11 Å². The molecule has 0 radical (unpaired) electrons. The number of nitrogens with zero attached hydrogens (tertiary/aromatic N) is 3. The molecule has 320 valence electrons. The van der Waals surface area contributed by atoms with Crippen molar-refractivity contribution in [2.75, 3.05) is 0 Å². The molecule has 6 aromatic carbocycles. The van der Waals surface area contributed by atoms with Crippen molar-refractivity contribution < 1.29 is 12.0 Å². The zero-order valence-corrected chi connectivity index (χ0v) is 39.2. The number of imidazole rings is 1. The fourth-order valence-corrected chi connectivity index (χ4v) is 8.29. The van der Waals surface area contributed by atoms with Crippen LogP contribution < -0.4 is 0 Å². The molecule has 0 atom stereocenters. The van der Waals surface area contributed by atoms with Gasteiger partial charge in [-0.2, -0.15) is 0 Å². The van der Waals surface area contributed by atoms with Crippen LogP contribution in [-0.2, 0) is 21.7 Å². The molecule has 0 aliphatic carbocycles. The van der Waals surface area contributed by atoms with Crippen molar-refractivity contribution in [3.8, 4) is 67.5 Å². The summed E-state index contributed by atoms with van der Waals surface area (Å²) in [6, 6.07) is 34.1. The summed E-state index contributed by atoms with van der Waals surface area (Å²) in [5.74, 6) is 0.826. The number of para-hydroxylation sites is 1. The van der Waals surface area contributed by atoms with Crippen LogP contribution in [0.4, 0.5) is 0 Å². The Labute approximate surface area is 382 Å². The molecule has 0 fully saturated rings. The molecule has 8 rings (SSSR count). The maximum Gasteiger partial charge on any atom is 0.149 e. The third kappa shape index (κ3) is 8.61. The highest BCUT2D eigenvalue weighted by Gasteiger charge is 2.30. The van der Waals surface area contributed by atoms with E-state index in [9.17, 15) is 5.11 Å². The predicted molar refractivity (Wildman–Crippen MR) is 267 cm³/mol. The Morgan fingerprint density at radius 3 is 1.83 bits per heavy atom. The van der Waals surface area contributed by atoms with Gasteiger partial charge in [0.25, 0.3) is 0 Å². The number of benzene rings is 6. The minimum absolute atomic E-state index is 0.00812. The van der Waals surface area contributed by atoms with E-state index >= 15 is 0 Å². The summed E-state index contributed by atoms with van der Waals surface area (Å²) in [5, 5.41) is 12.5. The number of rotatable bonds is 6. The van der Waals surface area contributed by atoms with Gasteiger partial charge in [0.1, 0.15) is 11.6 Å².